The molecule has 0 aliphatic carbocycles. The average molecular weight is 1860 g/mol. The van der Waals surface area contributed by atoms with Crippen molar-refractivity contribution in [2.75, 3.05) is 33.7 Å². The minimum atomic E-state index is -0.702. The number of anilines is 5. The smallest absolute Gasteiger partial charge is 0.283 e. The monoisotopic (exact) mass is 1860 g/mol. The number of ether oxygens (including phenoxy) is 1. The number of carbonyl (C=O) groups excluding carboxylic acids is 5. The Hall–Kier alpha value is -20.0. The highest BCUT2D eigenvalue weighted by Gasteiger charge is 2.25. The molecule has 10 aromatic heterocycles. The summed E-state index contributed by atoms with van der Waals surface area (Å²) in [5, 5.41) is 71.0. The van der Waals surface area contributed by atoms with Crippen LogP contribution in [0.3, 0.4) is 0 Å². The fourth-order valence-electron chi connectivity index (χ4n) is 12.9. The topological polar surface area (TPSA) is 463 Å². The summed E-state index contributed by atoms with van der Waals surface area (Å²) in [7, 11) is 1.49. The highest BCUT2D eigenvalue weighted by Crippen LogP contribution is 2.36. The predicted molar refractivity (Wildman–Crippen MR) is 480 cm³/mol. The largest absolute Gasteiger partial charge is 0.497 e. The maximum absolute atomic E-state index is 14.0. The molecule has 0 saturated carbocycles. The van der Waals surface area contributed by atoms with Crippen molar-refractivity contribution in [3.8, 4) is 133 Å². The number of methoxy groups -OCH3 is 1. The zero-order valence-electron chi connectivity index (χ0n) is 71.0. The standard InChI is InChI=1S/2C20H11FN4O3.C20H14FN3O4.C20H14FN3O3.C19H11F2N3O3/c21-16-5-2-1-4-14(16)18(26)23-13-8-7-12(11-22)15(10-13)19-24-25-20(28-19)17-6-3-9-27-17;21-16-5-2-1-4-15(16)18(26)23-14-9-12(11-22)8-13(10-14)19-24-25-20(28-19)17-6-3-7-27-17;1-26-14-10-12(19-23-24-20(28-19)17-7-4-8-27-17)9-13(11-14)22-18(25)15-5-2-3-6-16(15)21;1-12-9-13(19-23-24-20(27-19)17-7-4-8-26-17)11-14(10-12)22-18(25)15-5-2-3-6-16(15)21;20-12-8-11(18-23-24-19(27-18)16-6-3-7-26-16)9-13(10-12)22-17(25)14-4-1-2-5-15(14)21/h2*1-10H,(H,23,26);2-11H,1H3,(H,22,25);2-11H,1H3,(H,22,25);1-10H,(H,22,25). The van der Waals surface area contributed by atoms with E-state index in [2.05, 4.69) is 77.6 Å². The van der Waals surface area contributed by atoms with E-state index in [-0.39, 0.29) is 109 Å². The molecule has 0 saturated heterocycles. The van der Waals surface area contributed by atoms with Crippen molar-refractivity contribution in [1.82, 2.24) is 51.0 Å². The molecule has 5 N–H and O–H groups in total. The normalized spacial score (nSPS) is 10.6. The summed E-state index contributed by atoms with van der Waals surface area (Å²) < 4.78 is 142. The molecule has 0 unspecified atom stereocenters. The van der Waals surface area contributed by atoms with Gasteiger partial charge in [0.15, 0.2) is 28.8 Å². The second-order valence-corrected chi connectivity index (χ2v) is 28.7. The fraction of sp³-hybridized carbons (Fsp3) is 0.0202. The van der Waals surface area contributed by atoms with Gasteiger partial charge in [-0.15, -0.1) is 51.0 Å². The first-order valence-corrected chi connectivity index (χ1v) is 40.5. The fourth-order valence-corrected chi connectivity index (χ4v) is 12.9. The Labute approximate surface area is 772 Å². The number of hydrogen-bond acceptors (Lipinski definition) is 28. The molecular weight excluding hydrogens is 1800 g/mol. The van der Waals surface area contributed by atoms with Gasteiger partial charge in [-0.05, 0) is 219 Å². The van der Waals surface area contributed by atoms with Gasteiger partial charge in [0.1, 0.15) is 40.7 Å². The number of nitrogens with one attached hydrogen (secondary N) is 5. The SMILES string of the molecule is COc1cc(NC(=O)c2ccccc2F)cc(-c2nnc(-c3ccco3)o2)c1.Cc1cc(NC(=O)c2ccccc2F)cc(-c2nnc(-c3ccco3)o2)c1.N#Cc1cc(NC(=O)c2ccccc2F)cc(-c2nnc(-c3ccco3)o2)c1.N#Cc1ccc(NC(=O)c2ccccc2F)cc1-c1nnc(-c2ccco2)o1.O=C(Nc1cc(F)cc(-c2nnc(-c3ccco3)o2)c1)c1ccccc1F. The number of hydrogen-bond donors (Lipinski definition) is 5. The number of nitriles is 2. The van der Waals surface area contributed by atoms with Crippen LogP contribution in [0.15, 0.2) is 348 Å². The molecule has 0 aliphatic rings. The molecule has 0 aliphatic heterocycles. The molecule has 0 atom stereocenters. The van der Waals surface area contributed by atoms with E-state index < -0.39 is 64.4 Å². The van der Waals surface area contributed by atoms with Crippen LogP contribution in [0.25, 0.3) is 116 Å². The number of aromatic nitrogens is 10. The van der Waals surface area contributed by atoms with E-state index in [0.29, 0.717) is 79.6 Å². The van der Waals surface area contributed by atoms with Gasteiger partial charge >= 0.3 is 0 Å². The highest BCUT2D eigenvalue weighted by molar-refractivity contribution is 6.08. The molecule has 20 rings (SSSR count). The van der Waals surface area contributed by atoms with Crippen molar-refractivity contribution in [3.63, 3.8) is 0 Å². The van der Waals surface area contributed by atoms with Crippen molar-refractivity contribution in [1.29, 1.82) is 10.5 Å². The number of furan rings is 5. The predicted octanol–water partition coefficient (Wildman–Crippen LogP) is 22.1. The van der Waals surface area contributed by atoms with Gasteiger partial charge in [0.05, 0.1) is 95.1 Å². The number of halogens is 6. The molecular formula is C99H61F6N17O16. The molecule has 10 aromatic carbocycles. The van der Waals surface area contributed by atoms with Gasteiger partial charge in [-0.25, -0.2) is 26.3 Å². The molecule has 0 radical (unpaired) electrons. The molecule has 138 heavy (non-hydrogen) atoms. The average Bonchev–Trinajstić information content (AvgIpc) is 1.57. The van der Waals surface area contributed by atoms with Gasteiger partial charge in [-0.1, -0.05) is 60.7 Å². The van der Waals surface area contributed by atoms with Crippen LogP contribution in [0.4, 0.5) is 54.8 Å². The molecule has 20 aromatic rings. The number of rotatable bonds is 21. The first-order chi connectivity index (χ1) is 67.1. The van der Waals surface area contributed by atoms with Crippen LogP contribution in [0.5, 0.6) is 5.75 Å². The molecule has 5 amide bonds. The van der Waals surface area contributed by atoms with Crippen LogP contribution in [0.1, 0.15) is 68.5 Å². The third-order valence-electron chi connectivity index (χ3n) is 19.2. The number of aryl methyl sites for hydroxylation is 1. The van der Waals surface area contributed by atoms with Gasteiger partial charge in [0.2, 0.25) is 29.5 Å². The van der Waals surface area contributed by atoms with Crippen LogP contribution >= 0.6 is 0 Å². The Morgan fingerprint density at radius 3 is 0.920 bits per heavy atom. The first kappa shape index (κ1) is 91.3. The van der Waals surface area contributed by atoms with Crippen LogP contribution in [0, 0.1) is 64.5 Å². The molecule has 39 heteroatoms. The number of carbonyl (C=O) groups is 5. The summed E-state index contributed by atoms with van der Waals surface area (Å²) in [6.45, 7) is 1.87. The van der Waals surface area contributed by atoms with Crippen LogP contribution in [0.2, 0.25) is 0 Å². The zero-order valence-corrected chi connectivity index (χ0v) is 71.0. The van der Waals surface area contributed by atoms with Gasteiger partial charge < -0.3 is 75.5 Å². The van der Waals surface area contributed by atoms with E-state index in [4.69, 9.17) is 48.9 Å². The highest BCUT2D eigenvalue weighted by atomic mass is 19.1. The first-order valence-electron chi connectivity index (χ1n) is 40.5. The lowest BCUT2D eigenvalue weighted by Crippen LogP contribution is -2.13. The van der Waals surface area contributed by atoms with E-state index in [1.54, 1.807) is 121 Å². The third-order valence-corrected chi connectivity index (χ3v) is 19.2. The lowest BCUT2D eigenvalue weighted by molar-refractivity contribution is 0.101. The summed E-state index contributed by atoms with van der Waals surface area (Å²) in [5.74, 6) is -2.58. The van der Waals surface area contributed by atoms with E-state index in [1.165, 1.54) is 178 Å². The number of benzene rings is 10. The van der Waals surface area contributed by atoms with Crippen LogP contribution in [-0.4, -0.2) is 87.6 Å². The maximum Gasteiger partial charge on any atom is 0.283 e. The van der Waals surface area contributed by atoms with E-state index in [1.807, 2.05) is 25.1 Å². The van der Waals surface area contributed by atoms with Gasteiger partial charge in [-0.2, -0.15) is 10.5 Å². The van der Waals surface area contributed by atoms with E-state index >= 15 is 0 Å². The van der Waals surface area contributed by atoms with Crippen molar-refractivity contribution in [3.05, 3.63) is 384 Å². The lowest BCUT2D eigenvalue weighted by Gasteiger charge is -2.09. The Bertz CT molecular complexity index is 7660. The second-order valence-electron chi connectivity index (χ2n) is 28.7. The van der Waals surface area contributed by atoms with Gasteiger partial charge in [-0.3, -0.25) is 24.0 Å². The number of nitrogens with zero attached hydrogens (tertiary/aromatic N) is 12. The summed E-state index contributed by atoms with van der Waals surface area (Å²) in [4.78, 5) is 61.6. The van der Waals surface area contributed by atoms with Gasteiger partial charge in [0, 0.05) is 56.8 Å². The van der Waals surface area contributed by atoms with Crippen molar-refractivity contribution >= 4 is 58.0 Å². The molecule has 680 valence electrons. The summed E-state index contributed by atoms with van der Waals surface area (Å²) >= 11 is 0. The van der Waals surface area contributed by atoms with Crippen molar-refractivity contribution in [2.45, 2.75) is 6.92 Å². The Kier molecular flexibility index (Phi) is 28.0. The summed E-state index contributed by atoms with van der Waals surface area (Å²) in [6.07, 6.45) is 7.42. The van der Waals surface area contributed by atoms with Crippen molar-refractivity contribution < 1.29 is 99.2 Å². The van der Waals surface area contributed by atoms with E-state index in [9.17, 15) is 60.8 Å². The molecule has 0 fully saturated rings. The third kappa shape index (κ3) is 22.4. The number of amides is 5. The molecule has 33 nitrogen and oxygen atoms in total. The Morgan fingerprint density at radius 2 is 0.587 bits per heavy atom. The Balaban J connectivity index is 0.000000125. The maximum atomic E-state index is 14.0. The molecule has 0 bridgehead atoms. The van der Waals surface area contributed by atoms with Crippen LogP contribution < -0.4 is 31.3 Å². The van der Waals surface area contributed by atoms with Crippen LogP contribution in [-0.2, 0) is 0 Å². The van der Waals surface area contributed by atoms with Crippen molar-refractivity contribution in [2.24, 2.45) is 0 Å². The Morgan fingerprint density at radius 1 is 0.290 bits per heavy atom. The van der Waals surface area contributed by atoms with E-state index in [0.717, 1.165) is 11.6 Å². The molecule has 10 heterocycles. The minimum Gasteiger partial charge on any atom is -0.497 e. The van der Waals surface area contributed by atoms with Gasteiger partial charge in [0.25, 0.3) is 59.0 Å². The quantitative estimate of drug-likeness (QED) is 0.0417. The zero-order chi connectivity index (χ0) is 96.1. The summed E-state index contributed by atoms with van der Waals surface area (Å²) in [6, 6.07) is 72.2. The second kappa shape index (κ2) is 42.3. The lowest BCUT2D eigenvalue weighted by atomic mass is 10.1. The minimum absolute atomic E-state index is 0.0292. The molecule has 0 spiro atoms. The summed E-state index contributed by atoms with van der Waals surface area (Å²) in [5.41, 5.74) is 4.77.